The van der Waals surface area contributed by atoms with E-state index in [4.69, 9.17) is 0 Å². The van der Waals surface area contributed by atoms with Crippen LogP contribution in [0, 0.1) is 22.7 Å². The molecule has 1 aromatic carbocycles. The molecule has 3 rings (SSSR count). The van der Waals surface area contributed by atoms with Crippen LogP contribution in [0.25, 0.3) is 12.2 Å². The van der Waals surface area contributed by atoms with Crippen molar-refractivity contribution in [3.8, 4) is 12.1 Å². The van der Waals surface area contributed by atoms with Crippen molar-refractivity contribution >= 4 is 58.0 Å². The largest absolute Gasteiger partial charge is 0.321 e. The maximum Gasteiger partial charge on any atom is 0.266 e. The van der Waals surface area contributed by atoms with Crippen molar-refractivity contribution in [3.63, 3.8) is 0 Å². The third-order valence-corrected chi connectivity index (χ3v) is 5.43. The van der Waals surface area contributed by atoms with Crippen molar-refractivity contribution in [2.24, 2.45) is 0 Å². The monoisotopic (exact) mass is 430 g/mol. The third-order valence-electron chi connectivity index (χ3n) is 3.79. The molecular formula is C22H14N4O2S2. The Balaban J connectivity index is 1.65. The fraction of sp³-hybridized carbons (Fsp3) is 0. The van der Waals surface area contributed by atoms with Crippen LogP contribution in [0.2, 0.25) is 0 Å². The fourth-order valence-electron chi connectivity index (χ4n) is 2.36. The average Bonchev–Trinajstić information content (AvgIpc) is 3.45. The van der Waals surface area contributed by atoms with Gasteiger partial charge in [-0.1, -0.05) is 12.1 Å². The minimum Gasteiger partial charge on any atom is -0.321 e. The van der Waals surface area contributed by atoms with Crippen LogP contribution in [0.5, 0.6) is 0 Å². The highest BCUT2D eigenvalue weighted by Gasteiger charge is 2.12. The molecule has 0 aliphatic carbocycles. The van der Waals surface area contributed by atoms with E-state index in [-0.39, 0.29) is 11.1 Å². The summed E-state index contributed by atoms with van der Waals surface area (Å²) >= 11 is 2.86. The molecule has 0 atom stereocenters. The van der Waals surface area contributed by atoms with Crippen LogP contribution in [0.3, 0.4) is 0 Å². The molecule has 2 amide bonds. The lowest BCUT2D eigenvalue weighted by Crippen LogP contribution is -2.14. The molecule has 0 unspecified atom stereocenters. The second kappa shape index (κ2) is 9.99. The van der Waals surface area contributed by atoms with Gasteiger partial charge in [-0.2, -0.15) is 10.5 Å². The zero-order chi connectivity index (χ0) is 21.3. The molecule has 0 fully saturated rings. The molecule has 0 spiro atoms. The summed E-state index contributed by atoms with van der Waals surface area (Å²) in [4.78, 5) is 26.2. The summed E-state index contributed by atoms with van der Waals surface area (Å²) in [5.74, 6) is -1.04. The second-order valence-corrected chi connectivity index (χ2v) is 7.81. The van der Waals surface area contributed by atoms with Crippen LogP contribution in [0.4, 0.5) is 11.4 Å². The van der Waals surface area contributed by atoms with Gasteiger partial charge in [-0.15, -0.1) is 22.7 Å². The van der Waals surface area contributed by atoms with Gasteiger partial charge in [-0.3, -0.25) is 9.59 Å². The topological polar surface area (TPSA) is 106 Å². The van der Waals surface area contributed by atoms with E-state index >= 15 is 0 Å². The normalized spacial score (nSPS) is 11.3. The molecule has 0 aliphatic rings. The molecule has 2 heterocycles. The van der Waals surface area contributed by atoms with E-state index in [0.29, 0.717) is 11.4 Å². The number of amides is 2. The molecule has 2 N–H and O–H groups in total. The molecule has 146 valence electrons. The van der Waals surface area contributed by atoms with Crippen LogP contribution < -0.4 is 10.6 Å². The van der Waals surface area contributed by atoms with Gasteiger partial charge in [0.25, 0.3) is 11.8 Å². The smallest absolute Gasteiger partial charge is 0.266 e. The first kappa shape index (κ1) is 20.7. The fourth-order valence-corrected chi connectivity index (χ4v) is 3.68. The quantitative estimate of drug-likeness (QED) is 0.428. The summed E-state index contributed by atoms with van der Waals surface area (Å²) in [7, 11) is 0. The van der Waals surface area contributed by atoms with Gasteiger partial charge >= 0.3 is 0 Å². The molecule has 2 aromatic heterocycles. The van der Waals surface area contributed by atoms with Gasteiger partial charge in [0, 0.05) is 21.1 Å². The molecule has 6 nitrogen and oxygen atoms in total. The van der Waals surface area contributed by atoms with Gasteiger partial charge in [0.05, 0.1) is 0 Å². The number of carbonyl (C=O) groups is 2. The summed E-state index contributed by atoms with van der Waals surface area (Å²) in [6.07, 6.45) is 3.05. The minimum absolute atomic E-state index is 0.00722. The van der Waals surface area contributed by atoms with Crippen molar-refractivity contribution in [2.75, 3.05) is 10.6 Å². The Bertz CT molecular complexity index is 1080. The standard InChI is InChI=1S/C22H14N4O2S2/c23-13-15(11-19-3-1-9-29-19)21(27)25-17-5-7-18(8-6-17)26-22(28)16(14-24)12-20-4-2-10-30-20/h1-12H,(H,25,27)(H,26,28)/b15-11-,16-12+. The number of hydrogen-bond acceptors (Lipinski definition) is 6. The van der Waals surface area contributed by atoms with Gasteiger partial charge in [0.15, 0.2) is 0 Å². The highest BCUT2D eigenvalue weighted by molar-refractivity contribution is 7.11. The van der Waals surface area contributed by atoms with E-state index in [1.54, 1.807) is 24.3 Å². The van der Waals surface area contributed by atoms with Crippen molar-refractivity contribution in [1.82, 2.24) is 0 Å². The number of anilines is 2. The zero-order valence-electron chi connectivity index (χ0n) is 15.5. The Morgan fingerprint density at radius 3 is 1.43 bits per heavy atom. The van der Waals surface area contributed by atoms with E-state index in [1.807, 2.05) is 47.2 Å². The average molecular weight is 431 g/mol. The lowest BCUT2D eigenvalue weighted by Gasteiger charge is -2.07. The maximum atomic E-state index is 12.3. The maximum absolute atomic E-state index is 12.3. The highest BCUT2D eigenvalue weighted by atomic mass is 32.1. The van der Waals surface area contributed by atoms with E-state index < -0.39 is 11.8 Å². The SMILES string of the molecule is N#C/C(=C/c1cccs1)C(=O)Nc1ccc(NC(=O)/C(C#N)=C/c2cccs2)cc1. The van der Waals surface area contributed by atoms with Crippen LogP contribution in [-0.2, 0) is 9.59 Å². The highest BCUT2D eigenvalue weighted by Crippen LogP contribution is 2.18. The summed E-state index contributed by atoms with van der Waals surface area (Å²) < 4.78 is 0. The first-order valence-corrected chi connectivity index (χ1v) is 10.4. The Kier molecular flexibility index (Phi) is 6.91. The first-order chi connectivity index (χ1) is 14.6. The van der Waals surface area contributed by atoms with E-state index in [2.05, 4.69) is 10.6 Å². The van der Waals surface area contributed by atoms with Gasteiger partial charge in [-0.05, 0) is 59.3 Å². The number of nitrogens with one attached hydrogen (secondary N) is 2. The molecule has 3 aromatic rings. The Morgan fingerprint density at radius 1 is 0.733 bits per heavy atom. The third kappa shape index (κ3) is 5.52. The molecule has 0 saturated heterocycles. The Morgan fingerprint density at radius 2 is 1.13 bits per heavy atom. The second-order valence-electron chi connectivity index (χ2n) is 5.86. The van der Waals surface area contributed by atoms with E-state index in [0.717, 1.165) is 9.75 Å². The van der Waals surface area contributed by atoms with Crippen molar-refractivity contribution in [1.29, 1.82) is 10.5 Å². The molecule has 30 heavy (non-hydrogen) atoms. The minimum atomic E-state index is -0.520. The van der Waals surface area contributed by atoms with Crippen molar-refractivity contribution in [2.45, 2.75) is 0 Å². The molecular weight excluding hydrogens is 416 g/mol. The summed E-state index contributed by atoms with van der Waals surface area (Å²) in [6.45, 7) is 0. The summed E-state index contributed by atoms with van der Waals surface area (Å²) in [6, 6.07) is 17.5. The Labute approximate surface area is 181 Å². The van der Waals surface area contributed by atoms with E-state index in [1.165, 1.54) is 34.8 Å². The van der Waals surface area contributed by atoms with Gasteiger partial charge in [0.2, 0.25) is 0 Å². The van der Waals surface area contributed by atoms with Crippen LogP contribution in [0.1, 0.15) is 9.75 Å². The van der Waals surface area contributed by atoms with Crippen LogP contribution >= 0.6 is 22.7 Å². The molecule has 0 aliphatic heterocycles. The molecule has 8 heteroatoms. The molecule has 0 bridgehead atoms. The van der Waals surface area contributed by atoms with Crippen molar-refractivity contribution < 1.29 is 9.59 Å². The lowest BCUT2D eigenvalue weighted by molar-refractivity contribution is -0.113. The van der Waals surface area contributed by atoms with Gasteiger partial charge in [-0.25, -0.2) is 0 Å². The molecule has 0 saturated carbocycles. The Hall–Kier alpha value is -3.98. The number of thiophene rings is 2. The van der Waals surface area contributed by atoms with Crippen LogP contribution in [0.15, 0.2) is 70.4 Å². The number of rotatable bonds is 6. The number of carbonyl (C=O) groups excluding carboxylic acids is 2. The lowest BCUT2D eigenvalue weighted by atomic mass is 10.2. The van der Waals surface area contributed by atoms with Gasteiger partial charge in [0.1, 0.15) is 23.3 Å². The number of nitriles is 2. The van der Waals surface area contributed by atoms with Gasteiger partial charge < -0.3 is 10.6 Å². The summed E-state index contributed by atoms with van der Waals surface area (Å²) in [5, 5.41) is 27.5. The summed E-state index contributed by atoms with van der Waals surface area (Å²) in [5.41, 5.74) is 0.930. The first-order valence-electron chi connectivity index (χ1n) is 8.62. The van der Waals surface area contributed by atoms with Crippen LogP contribution in [-0.4, -0.2) is 11.8 Å². The molecule has 0 radical (unpaired) electrons. The van der Waals surface area contributed by atoms with E-state index in [9.17, 15) is 20.1 Å². The predicted octanol–water partition coefficient (Wildman–Crippen LogP) is 4.90. The number of hydrogen-bond donors (Lipinski definition) is 2. The van der Waals surface area contributed by atoms with Crippen molar-refractivity contribution in [3.05, 3.63) is 80.2 Å². The number of benzene rings is 1. The predicted molar refractivity (Wildman–Crippen MR) is 120 cm³/mol. The zero-order valence-corrected chi connectivity index (χ0v) is 17.1. The number of nitrogens with zero attached hydrogens (tertiary/aromatic N) is 2.